The summed E-state index contributed by atoms with van der Waals surface area (Å²) in [4.78, 5) is 11.0. The second kappa shape index (κ2) is 6.98. The molecule has 0 bridgehead atoms. The molecule has 0 spiro atoms. The van der Waals surface area contributed by atoms with Gasteiger partial charge in [0, 0.05) is 22.3 Å². The highest BCUT2D eigenvalue weighted by Crippen LogP contribution is 2.05. The molecule has 0 amide bonds. The van der Waals surface area contributed by atoms with Crippen LogP contribution in [0, 0.1) is 11.8 Å². The van der Waals surface area contributed by atoms with Gasteiger partial charge in [-0.15, -0.1) is 0 Å². The topological polar surface area (TPSA) is 43.4 Å². The zero-order valence-electron chi connectivity index (χ0n) is 9.41. The molecule has 0 aromatic carbocycles. The number of hydrogen-bond donors (Lipinski definition) is 0. The van der Waals surface area contributed by atoms with E-state index in [-0.39, 0.29) is 11.9 Å². The standard InChI is InChI=1S/C10H20O3S/c1-8(2)5-6-14(12)7-9(3)10(11)13-4/h8-9H,5-7H2,1-4H3. The van der Waals surface area contributed by atoms with E-state index in [1.165, 1.54) is 7.11 Å². The first kappa shape index (κ1) is 13.6. The number of esters is 1. The Bertz CT molecular complexity index is 202. The van der Waals surface area contributed by atoms with Crippen molar-refractivity contribution in [2.45, 2.75) is 27.2 Å². The van der Waals surface area contributed by atoms with Crippen molar-refractivity contribution in [3.63, 3.8) is 0 Å². The minimum atomic E-state index is -0.894. The first-order chi connectivity index (χ1) is 6.47. The average Bonchev–Trinajstić information content (AvgIpc) is 2.13. The van der Waals surface area contributed by atoms with Gasteiger partial charge in [0.2, 0.25) is 0 Å². The van der Waals surface area contributed by atoms with E-state index in [2.05, 4.69) is 18.6 Å². The highest BCUT2D eigenvalue weighted by Gasteiger charge is 2.16. The van der Waals surface area contributed by atoms with Crippen LogP contribution >= 0.6 is 0 Å². The molecule has 0 fully saturated rings. The molecule has 2 unspecified atom stereocenters. The Kier molecular flexibility index (Phi) is 6.79. The van der Waals surface area contributed by atoms with Crippen LogP contribution in [-0.4, -0.2) is 28.8 Å². The third-order valence-electron chi connectivity index (χ3n) is 1.96. The lowest BCUT2D eigenvalue weighted by Crippen LogP contribution is -2.20. The third-order valence-corrected chi connectivity index (χ3v) is 3.53. The van der Waals surface area contributed by atoms with Gasteiger partial charge in [-0.1, -0.05) is 20.8 Å². The predicted molar refractivity (Wildman–Crippen MR) is 58.5 cm³/mol. The summed E-state index contributed by atoms with van der Waals surface area (Å²) in [6, 6.07) is 0. The Morgan fingerprint density at radius 3 is 2.36 bits per heavy atom. The molecule has 3 nitrogen and oxygen atoms in total. The summed E-state index contributed by atoms with van der Waals surface area (Å²) in [6.07, 6.45) is 0.945. The lowest BCUT2D eigenvalue weighted by Gasteiger charge is -2.09. The largest absolute Gasteiger partial charge is 0.469 e. The molecular formula is C10H20O3S. The lowest BCUT2D eigenvalue weighted by atomic mass is 10.2. The lowest BCUT2D eigenvalue weighted by molar-refractivity contribution is -0.144. The van der Waals surface area contributed by atoms with Crippen molar-refractivity contribution in [3.05, 3.63) is 0 Å². The van der Waals surface area contributed by atoms with Gasteiger partial charge in [0.05, 0.1) is 13.0 Å². The second-order valence-electron chi connectivity index (χ2n) is 3.92. The molecule has 14 heavy (non-hydrogen) atoms. The second-order valence-corrected chi connectivity index (χ2v) is 5.54. The zero-order chi connectivity index (χ0) is 11.1. The maximum Gasteiger partial charge on any atom is 0.309 e. The first-order valence-electron chi connectivity index (χ1n) is 4.90. The Labute approximate surface area is 88.7 Å². The van der Waals surface area contributed by atoms with Gasteiger partial charge in [-0.3, -0.25) is 9.00 Å². The monoisotopic (exact) mass is 220 g/mol. The molecule has 0 heterocycles. The SMILES string of the molecule is COC(=O)C(C)CS(=O)CCC(C)C. The molecule has 84 valence electrons. The highest BCUT2D eigenvalue weighted by molar-refractivity contribution is 7.85. The van der Waals surface area contributed by atoms with E-state index < -0.39 is 10.8 Å². The van der Waals surface area contributed by atoms with Gasteiger partial charge in [0.25, 0.3) is 0 Å². The third kappa shape index (κ3) is 6.13. The Hall–Kier alpha value is -0.380. The van der Waals surface area contributed by atoms with Crippen LogP contribution < -0.4 is 0 Å². The minimum Gasteiger partial charge on any atom is -0.469 e. The van der Waals surface area contributed by atoms with E-state index in [0.29, 0.717) is 17.4 Å². The van der Waals surface area contributed by atoms with Crippen LogP contribution in [0.1, 0.15) is 27.2 Å². The maximum atomic E-state index is 11.5. The summed E-state index contributed by atoms with van der Waals surface area (Å²) < 4.78 is 16.0. The van der Waals surface area contributed by atoms with E-state index in [1.807, 2.05) is 0 Å². The van der Waals surface area contributed by atoms with Crippen molar-refractivity contribution in [2.75, 3.05) is 18.6 Å². The Morgan fingerprint density at radius 2 is 1.93 bits per heavy atom. The van der Waals surface area contributed by atoms with Crippen molar-refractivity contribution in [1.29, 1.82) is 0 Å². The van der Waals surface area contributed by atoms with Gasteiger partial charge >= 0.3 is 5.97 Å². The number of methoxy groups -OCH3 is 1. The van der Waals surface area contributed by atoms with Crippen LogP contribution in [0.3, 0.4) is 0 Å². The predicted octanol–water partition coefficient (Wildman–Crippen LogP) is 1.59. The van der Waals surface area contributed by atoms with Crippen molar-refractivity contribution in [2.24, 2.45) is 11.8 Å². The summed E-state index contributed by atoms with van der Waals surface area (Å²) in [6.45, 7) is 5.95. The summed E-state index contributed by atoms with van der Waals surface area (Å²) in [5, 5.41) is 0. The van der Waals surface area contributed by atoms with Crippen molar-refractivity contribution < 1.29 is 13.7 Å². The fourth-order valence-corrected chi connectivity index (χ4v) is 2.59. The van der Waals surface area contributed by atoms with Crippen LogP contribution in [0.25, 0.3) is 0 Å². The summed E-state index contributed by atoms with van der Waals surface area (Å²) in [5.41, 5.74) is 0. The molecule has 0 aromatic heterocycles. The molecule has 0 aliphatic carbocycles. The van der Waals surface area contributed by atoms with Gasteiger partial charge in [0.1, 0.15) is 0 Å². The van der Waals surface area contributed by atoms with Crippen LogP contribution in [0.5, 0.6) is 0 Å². The van der Waals surface area contributed by atoms with Gasteiger partial charge in [-0.05, 0) is 12.3 Å². The fourth-order valence-electron chi connectivity index (χ4n) is 0.999. The van der Waals surface area contributed by atoms with Crippen LogP contribution in [0.15, 0.2) is 0 Å². The Balaban J connectivity index is 3.77. The molecule has 0 saturated carbocycles. The van der Waals surface area contributed by atoms with Crippen LogP contribution in [-0.2, 0) is 20.3 Å². The van der Waals surface area contributed by atoms with Crippen LogP contribution in [0.4, 0.5) is 0 Å². The highest BCUT2D eigenvalue weighted by atomic mass is 32.2. The van der Waals surface area contributed by atoms with Gasteiger partial charge in [-0.2, -0.15) is 0 Å². The minimum absolute atomic E-state index is 0.256. The van der Waals surface area contributed by atoms with Gasteiger partial charge in [0.15, 0.2) is 0 Å². The summed E-state index contributed by atoms with van der Waals surface area (Å²) >= 11 is 0. The quantitative estimate of drug-likeness (QED) is 0.638. The number of rotatable bonds is 6. The smallest absolute Gasteiger partial charge is 0.309 e. The zero-order valence-corrected chi connectivity index (χ0v) is 10.2. The number of hydrogen-bond acceptors (Lipinski definition) is 3. The van der Waals surface area contributed by atoms with E-state index in [1.54, 1.807) is 6.92 Å². The molecule has 4 heteroatoms. The van der Waals surface area contributed by atoms with Gasteiger partial charge < -0.3 is 4.74 Å². The number of carbonyl (C=O) groups is 1. The number of carbonyl (C=O) groups excluding carboxylic acids is 1. The Morgan fingerprint density at radius 1 is 1.36 bits per heavy atom. The number of ether oxygens (including phenoxy) is 1. The fraction of sp³-hybridized carbons (Fsp3) is 0.900. The van der Waals surface area contributed by atoms with E-state index in [4.69, 9.17) is 0 Å². The molecule has 0 radical (unpaired) electrons. The van der Waals surface area contributed by atoms with E-state index in [0.717, 1.165) is 6.42 Å². The molecular weight excluding hydrogens is 200 g/mol. The molecule has 2 atom stereocenters. The normalized spacial score (nSPS) is 15.2. The molecule has 0 aliphatic rings. The van der Waals surface area contributed by atoms with E-state index in [9.17, 15) is 9.00 Å². The molecule has 0 rings (SSSR count). The molecule has 0 N–H and O–H groups in total. The first-order valence-corrected chi connectivity index (χ1v) is 6.39. The van der Waals surface area contributed by atoms with Crippen molar-refractivity contribution >= 4 is 16.8 Å². The molecule has 0 aromatic rings. The summed E-state index contributed by atoms with van der Waals surface area (Å²) in [7, 11) is 0.463. The molecule has 0 saturated heterocycles. The summed E-state index contributed by atoms with van der Waals surface area (Å²) in [5.74, 6) is 1.13. The van der Waals surface area contributed by atoms with E-state index >= 15 is 0 Å². The average molecular weight is 220 g/mol. The van der Waals surface area contributed by atoms with Gasteiger partial charge in [-0.25, -0.2) is 0 Å². The maximum absolute atomic E-state index is 11.5. The molecule has 0 aliphatic heterocycles. The van der Waals surface area contributed by atoms with Crippen LogP contribution in [0.2, 0.25) is 0 Å². The van der Waals surface area contributed by atoms with Crippen molar-refractivity contribution in [3.8, 4) is 0 Å². The van der Waals surface area contributed by atoms with Crippen molar-refractivity contribution in [1.82, 2.24) is 0 Å².